The summed E-state index contributed by atoms with van der Waals surface area (Å²) in [6.07, 6.45) is -4.59. The van der Waals surface area contributed by atoms with Crippen LogP contribution in [0.15, 0.2) is 17.5 Å². The summed E-state index contributed by atoms with van der Waals surface area (Å²) in [5.74, 6) is -0.612. The predicted octanol–water partition coefficient (Wildman–Crippen LogP) is 2.23. The minimum Gasteiger partial charge on any atom is -0.353 e. The minimum atomic E-state index is -4.59. The molecule has 4 heterocycles. The van der Waals surface area contributed by atoms with Crippen LogP contribution in [0.3, 0.4) is 0 Å². The van der Waals surface area contributed by atoms with Gasteiger partial charge < -0.3 is 4.90 Å². The van der Waals surface area contributed by atoms with E-state index in [-0.39, 0.29) is 5.65 Å². The number of fused-ring (bicyclic) bond motifs is 1. The van der Waals surface area contributed by atoms with Crippen molar-refractivity contribution in [3.8, 4) is 0 Å². The molecule has 1 fully saturated rings. The maximum absolute atomic E-state index is 13.0. The molecule has 0 aromatic carbocycles. The van der Waals surface area contributed by atoms with Gasteiger partial charge in [-0.2, -0.15) is 17.7 Å². The molecule has 0 unspecified atom stereocenters. The fourth-order valence-corrected chi connectivity index (χ4v) is 3.57. The minimum absolute atomic E-state index is 0.0820. The number of halogens is 3. The zero-order valence-corrected chi connectivity index (χ0v) is 14.8. The largest absolute Gasteiger partial charge is 0.453 e. The van der Waals surface area contributed by atoms with E-state index in [0.717, 1.165) is 34.9 Å². The van der Waals surface area contributed by atoms with E-state index in [1.165, 1.54) is 6.07 Å². The maximum Gasteiger partial charge on any atom is 0.453 e. The van der Waals surface area contributed by atoms with Crippen LogP contribution >= 0.6 is 11.3 Å². The molecule has 4 rings (SSSR count). The van der Waals surface area contributed by atoms with Crippen LogP contribution in [0.4, 0.5) is 19.0 Å². The molecule has 7 nitrogen and oxygen atoms in total. The molecular formula is C15H16F3N7S. The fourth-order valence-electron chi connectivity index (χ4n) is 2.97. The van der Waals surface area contributed by atoms with Crippen molar-refractivity contribution in [2.45, 2.75) is 19.6 Å². The highest BCUT2D eigenvalue weighted by Crippen LogP contribution is 2.28. The first-order valence-corrected chi connectivity index (χ1v) is 8.96. The molecule has 0 N–H and O–H groups in total. The van der Waals surface area contributed by atoms with Gasteiger partial charge in [-0.15, -0.1) is 26.6 Å². The quantitative estimate of drug-likeness (QED) is 0.691. The molecule has 3 aromatic heterocycles. The van der Waals surface area contributed by atoms with Crippen LogP contribution in [0, 0.1) is 6.92 Å². The molecule has 0 atom stereocenters. The number of piperazine rings is 1. The highest BCUT2D eigenvalue weighted by Gasteiger charge is 2.37. The van der Waals surface area contributed by atoms with Crippen LogP contribution in [0.2, 0.25) is 0 Å². The fraction of sp³-hybridized carbons (Fsp3) is 0.467. The van der Waals surface area contributed by atoms with Gasteiger partial charge >= 0.3 is 6.18 Å². The van der Waals surface area contributed by atoms with Crippen LogP contribution in [-0.4, -0.2) is 55.9 Å². The second kappa shape index (κ2) is 6.47. The van der Waals surface area contributed by atoms with E-state index in [4.69, 9.17) is 0 Å². The van der Waals surface area contributed by atoms with Crippen molar-refractivity contribution in [1.82, 2.24) is 29.7 Å². The van der Waals surface area contributed by atoms with E-state index in [1.807, 2.05) is 11.8 Å². The topological polar surface area (TPSA) is 62.5 Å². The average molecular weight is 383 g/mol. The smallest absolute Gasteiger partial charge is 0.353 e. The summed E-state index contributed by atoms with van der Waals surface area (Å²) >= 11 is 1.63. The van der Waals surface area contributed by atoms with Crippen LogP contribution in [0.25, 0.3) is 5.65 Å². The third-order valence-electron chi connectivity index (χ3n) is 4.25. The first-order valence-electron chi connectivity index (χ1n) is 8.08. The van der Waals surface area contributed by atoms with E-state index in [0.29, 0.717) is 18.9 Å². The summed E-state index contributed by atoms with van der Waals surface area (Å²) in [5, 5.41) is 13.9. The van der Waals surface area contributed by atoms with E-state index >= 15 is 0 Å². The molecule has 138 valence electrons. The third kappa shape index (κ3) is 3.36. The normalized spacial score (nSPS) is 16.5. The van der Waals surface area contributed by atoms with E-state index in [1.54, 1.807) is 17.4 Å². The molecule has 0 saturated carbocycles. The van der Waals surface area contributed by atoms with Crippen molar-refractivity contribution in [2.24, 2.45) is 0 Å². The molecule has 26 heavy (non-hydrogen) atoms. The third-order valence-corrected chi connectivity index (χ3v) is 5.07. The molecule has 0 bridgehead atoms. The number of alkyl halides is 3. The van der Waals surface area contributed by atoms with Gasteiger partial charge in [-0.05, 0) is 19.1 Å². The zero-order valence-electron chi connectivity index (χ0n) is 13.9. The average Bonchev–Trinajstić information content (AvgIpc) is 3.20. The number of anilines is 1. The Balaban J connectivity index is 1.47. The van der Waals surface area contributed by atoms with Crippen molar-refractivity contribution < 1.29 is 13.2 Å². The number of aromatic nitrogens is 5. The number of thiazole rings is 1. The first-order chi connectivity index (χ1) is 12.4. The lowest BCUT2D eigenvalue weighted by Crippen LogP contribution is -2.46. The molecular weight excluding hydrogens is 367 g/mol. The molecule has 0 radical (unpaired) electrons. The Morgan fingerprint density at radius 3 is 2.54 bits per heavy atom. The van der Waals surface area contributed by atoms with Crippen LogP contribution < -0.4 is 4.90 Å². The van der Waals surface area contributed by atoms with E-state index < -0.39 is 12.0 Å². The predicted molar refractivity (Wildman–Crippen MR) is 90.1 cm³/mol. The highest BCUT2D eigenvalue weighted by molar-refractivity contribution is 7.09. The van der Waals surface area contributed by atoms with Crippen molar-refractivity contribution in [2.75, 3.05) is 31.1 Å². The Labute approximate surface area is 151 Å². The van der Waals surface area contributed by atoms with Gasteiger partial charge in [-0.3, -0.25) is 4.90 Å². The summed E-state index contributed by atoms with van der Waals surface area (Å²) in [7, 11) is 0. The lowest BCUT2D eigenvalue weighted by atomic mass is 10.3. The molecule has 0 amide bonds. The molecule has 11 heteroatoms. The number of nitrogens with zero attached hydrogens (tertiary/aromatic N) is 7. The second-order valence-corrected chi connectivity index (χ2v) is 7.17. The maximum atomic E-state index is 13.0. The number of aryl methyl sites for hydroxylation is 1. The van der Waals surface area contributed by atoms with Crippen molar-refractivity contribution in [3.05, 3.63) is 34.0 Å². The summed E-state index contributed by atoms with van der Waals surface area (Å²) in [5.41, 5.74) is 1.14. The first kappa shape index (κ1) is 17.2. The van der Waals surface area contributed by atoms with Crippen molar-refractivity contribution in [3.63, 3.8) is 0 Å². The van der Waals surface area contributed by atoms with E-state index in [9.17, 15) is 13.2 Å². The summed E-state index contributed by atoms with van der Waals surface area (Å²) in [6.45, 7) is 5.73. The monoisotopic (exact) mass is 383 g/mol. The summed E-state index contributed by atoms with van der Waals surface area (Å²) in [4.78, 5) is 8.73. The SMILES string of the molecule is Cc1nc(CN2CCN(c3ccc4nnc(C(F)(F)F)n4n3)CC2)cs1. The molecule has 1 aliphatic heterocycles. The van der Waals surface area contributed by atoms with Gasteiger partial charge in [0.05, 0.1) is 10.7 Å². The Bertz CT molecular complexity index is 911. The summed E-state index contributed by atoms with van der Waals surface area (Å²) < 4.78 is 39.8. The molecule has 3 aromatic rings. The number of hydrogen-bond donors (Lipinski definition) is 0. The zero-order chi connectivity index (χ0) is 18.3. The van der Waals surface area contributed by atoms with Crippen LogP contribution in [-0.2, 0) is 12.7 Å². The van der Waals surface area contributed by atoms with Crippen LogP contribution in [0.1, 0.15) is 16.5 Å². The molecule has 0 spiro atoms. The Morgan fingerprint density at radius 1 is 1.12 bits per heavy atom. The lowest BCUT2D eigenvalue weighted by Gasteiger charge is -2.34. The number of hydrogen-bond acceptors (Lipinski definition) is 7. The van der Waals surface area contributed by atoms with E-state index in [2.05, 4.69) is 30.6 Å². The van der Waals surface area contributed by atoms with Crippen molar-refractivity contribution >= 4 is 22.8 Å². The van der Waals surface area contributed by atoms with Gasteiger partial charge in [-0.1, -0.05) is 0 Å². The van der Waals surface area contributed by atoms with Gasteiger partial charge in [0, 0.05) is 38.1 Å². The number of rotatable bonds is 3. The van der Waals surface area contributed by atoms with Gasteiger partial charge in [0.25, 0.3) is 5.82 Å². The molecule has 1 saturated heterocycles. The molecule has 0 aliphatic carbocycles. The van der Waals surface area contributed by atoms with Gasteiger partial charge in [0.2, 0.25) is 0 Å². The van der Waals surface area contributed by atoms with Gasteiger partial charge in [0.15, 0.2) is 5.65 Å². The Kier molecular flexibility index (Phi) is 4.27. The van der Waals surface area contributed by atoms with Gasteiger partial charge in [0.1, 0.15) is 5.82 Å². The Hall–Kier alpha value is -2.27. The summed E-state index contributed by atoms with van der Waals surface area (Å²) in [6, 6.07) is 3.19. The van der Waals surface area contributed by atoms with Crippen LogP contribution in [0.5, 0.6) is 0 Å². The van der Waals surface area contributed by atoms with Gasteiger partial charge in [-0.25, -0.2) is 4.98 Å². The lowest BCUT2D eigenvalue weighted by molar-refractivity contribution is -0.146. The highest BCUT2D eigenvalue weighted by atomic mass is 32.1. The Morgan fingerprint density at radius 2 is 1.88 bits per heavy atom. The van der Waals surface area contributed by atoms with Crippen molar-refractivity contribution in [1.29, 1.82) is 0 Å². The molecule has 1 aliphatic rings. The second-order valence-electron chi connectivity index (χ2n) is 6.10. The standard InChI is InChI=1S/C15H16F3N7S/c1-10-19-11(9-26-10)8-23-4-6-24(7-5-23)13-3-2-12-20-21-14(15(16,17)18)25(12)22-13/h2-3,9H,4-8H2,1H3.